The molecular formula is C8H11F2N3. The van der Waals surface area contributed by atoms with Crippen molar-refractivity contribution in [3.8, 4) is 0 Å². The maximum atomic E-state index is 12.7. The van der Waals surface area contributed by atoms with Gasteiger partial charge in [-0.05, 0) is 6.07 Å². The molecule has 5 heteroatoms. The van der Waals surface area contributed by atoms with Crippen molar-refractivity contribution in [2.75, 3.05) is 11.9 Å². The lowest BCUT2D eigenvalue weighted by molar-refractivity contribution is 0.0115. The van der Waals surface area contributed by atoms with Gasteiger partial charge in [-0.15, -0.1) is 0 Å². The first-order valence-electron chi connectivity index (χ1n) is 4.02. The first-order valence-corrected chi connectivity index (χ1v) is 4.02. The first-order chi connectivity index (χ1) is 6.14. The highest BCUT2D eigenvalue weighted by Gasteiger charge is 2.25. The standard InChI is InChI=1S/C8H11F2N3/c1-2-8(9,10)5-12-7-3-4-11-6-13-7/h3-4,6H,2,5H2,1H3,(H,11,12,13). The number of nitrogens with one attached hydrogen (secondary N) is 1. The van der Waals surface area contributed by atoms with Crippen molar-refractivity contribution < 1.29 is 8.78 Å². The molecule has 0 aliphatic carbocycles. The fraction of sp³-hybridized carbons (Fsp3) is 0.500. The Balaban J connectivity index is 2.44. The molecule has 0 fully saturated rings. The molecule has 0 aromatic carbocycles. The highest BCUT2D eigenvalue weighted by Crippen LogP contribution is 2.17. The number of alkyl halides is 2. The molecule has 1 aromatic heterocycles. The summed E-state index contributed by atoms with van der Waals surface area (Å²) in [6.45, 7) is 1.06. The van der Waals surface area contributed by atoms with Gasteiger partial charge in [-0.1, -0.05) is 6.92 Å². The first kappa shape index (κ1) is 9.83. The van der Waals surface area contributed by atoms with E-state index in [1.807, 2.05) is 0 Å². The topological polar surface area (TPSA) is 37.8 Å². The molecule has 0 saturated heterocycles. The molecule has 0 bridgehead atoms. The van der Waals surface area contributed by atoms with Crippen LogP contribution in [0.15, 0.2) is 18.6 Å². The van der Waals surface area contributed by atoms with E-state index in [0.29, 0.717) is 5.82 Å². The predicted molar refractivity (Wildman–Crippen MR) is 45.8 cm³/mol. The Kier molecular flexibility index (Phi) is 3.11. The molecule has 0 aliphatic rings. The Morgan fingerprint density at radius 1 is 1.54 bits per heavy atom. The second-order valence-electron chi connectivity index (χ2n) is 2.66. The smallest absolute Gasteiger partial charge is 0.264 e. The van der Waals surface area contributed by atoms with Crippen molar-refractivity contribution in [3.05, 3.63) is 18.6 Å². The Bertz CT molecular complexity index is 251. The average molecular weight is 187 g/mol. The Morgan fingerprint density at radius 2 is 2.31 bits per heavy atom. The lowest BCUT2D eigenvalue weighted by Gasteiger charge is -2.14. The van der Waals surface area contributed by atoms with Gasteiger partial charge in [0.2, 0.25) is 0 Å². The van der Waals surface area contributed by atoms with E-state index in [4.69, 9.17) is 0 Å². The summed E-state index contributed by atoms with van der Waals surface area (Å²) >= 11 is 0. The van der Waals surface area contributed by atoms with Gasteiger partial charge in [0.15, 0.2) is 0 Å². The minimum absolute atomic E-state index is 0.176. The molecule has 13 heavy (non-hydrogen) atoms. The van der Waals surface area contributed by atoms with Crippen molar-refractivity contribution in [1.82, 2.24) is 9.97 Å². The van der Waals surface area contributed by atoms with Crippen molar-refractivity contribution in [3.63, 3.8) is 0 Å². The quantitative estimate of drug-likeness (QED) is 0.782. The van der Waals surface area contributed by atoms with Crippen LogP contribution in [0.4, 0.5) is 14.6 Å². The maximum absolute atomic E-state index is 12.7. The molecule has 72 valence electrons. The second-order valence-corrected chi connectivity index (χ2v) is 2.66. The maximum Gasteiger partial charge on any atom is 0.264 e. The molecule has 0 aliphatic heterocycles. The molecule has 0 radical (unpaired) electrons. The summed E-state index contributed by atoms with van der Waals surface area (Å²) in [7, 11) is 0. The van der Waals surface area contributed by atoms with Crippen LogP contribution in [0.2, 0.25) is 0 Å². The Labute approximate surface area is 75.2 Å². The van der Waals surface area contributed by atoms with Crippen LogP contribution in [0.1, 0.15) is 13.3 Å². The zero-order valence-corrected chi connectivity index (χ0v) is 7.30. The third-order valence-electron chi connectivity index (χ3n) is 1.63. The van der Waals surface area contributed by atoms with Crippen LogP contribution in [0.3, 0.4) is 0 Å². The summed E-state index contributed by atoms with van der Waals surface area (Å²) in [6, 6.07) is 1.55. The molecule has 0 atom stereocenters. The number of hydrogen-bond acceptors (Lipinski definition) is 3. The number of halogens is 2. The van der Waals surface area contributed by atoms with E-state index >= 15 is 0 Å². The monoisotopic (exact) mass is 187 g/mol. The van der Waals surface area contributed by atoms with E-state index in [1.54, 1.807) is 6.07 Å². The van der Waals surface area contributed by atoms with Crippen LogP contribution in [-0.4, -0.2) is 22.4 Å². The summed E-state index contributed by atoms with van der Waals surface area (Å²) in [5.41, 5.74) is 0. The van der Waals surface area contributed by atoms with Crippen LogP contribution in [-0.2, 0) is 0 Å². The molecule has 1 heterocycles. The van der Waals surface area contributed by atoms with Crippen LogP contribution in [0, 0.1) is 0 Å². The zero-order valence-electron chi connectivity index (χ0n) is 7.30. The average Bonchev–Trinajstić information content (AvgIpc) is 2.17. The van der Waals surface area contributed by atoms with Gasteiger partial charge in [0.1, 0.15) is 12.1 Å². The summed E-state index contributed by atoms with van der Waals surface area (Å²) in [6.07, 6.45) is 2.64. The van der Waals surface area contributed by atoms with E-state index < -0.39 is 5.92 Å². The largest absolute Gasteiger partial charge is 0.364 e. The van der Waals surface area contributed by atoms with E-state index in [-0.39, 0.29) is 13.0 Å². The third kappa shape index (κ3) is 3.31. The second kappa shape index (κ2) is 4.11. The number of hydrogen-bond donors (Lipinski definition) is 1. The van der Waals surface area contributed by atoms with Gasteiger partial charge < -0.3 is 5.32 Å². The SMILES string of the molecule is CCC(F)(F)CNc1ccncn1. The Morgan fingerprint density at radius 3 is 2.85 bits per heavy atom. The third-order valence-corrected chi connectivity index (χ3v) is 1.63. The number of rotatable bonds is 4. The van der Waals surface area contributed by atoms with Gasteiger partial charge in [0.25, 0.3) is 5.92 Å². The van der Waals surface area contributed by atoms with Crippen molar-refractivity contribution in [2.45, 2.75) is 19.3 Å². The number of aromatic nitrogens is 2. The molecule has 3 nitrogen and oxygen atoms in total. The Hall–Kier alpha value is -1.26. The van der Waals surface area contributed by atoms with Crippen molar-refractivity contribution in [1.29, 1.82) is 0 Å². The molecule has 0 amide bonds. The molecule has 1 rings (SSSR count). The highest BCUT2D eigenvalue weighted by atomic mass is 19.3. The molecule has 0 unspecified atom stereocenters. The summed E-state index contributed by atoms with van der Waals surface area (Å²) in [4.78, 5) is 7.43. The van der Waals surface area contributed by atoms with Crippen molar-refractivity contribution in [2.24, 2.45) is 0 Å². The van der Waals surface area contributed by atoms with Gasteiger partial charge in [-0.25, -0.2) is 18.7 Å². The zero-order chi connectivity index (χ0) is 9.73. The summed E-state index contributed by atoms with van der Waals surface area (Å²) in [5, 5.41) is 2.53. The fourth-order valence-electron chi connectivity index (χ4n) is 0.740. The van der Waals surface area contributed by atoms with E-state index in [2.05, 4.69) is 15.3 Å². The molecule has 0 saturated carbocycles. The van der Waals surface area contributed by atoms with Crippen LogP contribution < -0.4 is 5.32 Å². The van der Waals surface area contributed by atoms with Crippen LogP contribution in [0.25, 0.3) is 0 Å². The van der Waals surface area contributed by atoms with Gasteiger partial charge in [0, 0.05) is 12.6 Å². The van der Waals surface area contributed by atoms with E-state index in [0.717, 1.165) is 0 Å². The minimum Gasteiger partial charge on any atom is -0.364 e. The van der Waals surface area contributed by atoms with Gasteiger partial charge in [0.05, 0.1) is 6.54 Å². The van der Waals surface area contributed by atoms with Gasteiger partial charge in [-0.2, -0.15) is 0 Å². The summed E-state index contributed by atoms with van der Waals surface area (Å²) < 4.78 is 25.5. The van der Waals surface area contributed by atoms with Gasteiger partial charge >= 0.3 is 0 Å². The minimum atomic E-state index is -2.68. The number of nitrogens with zero attached hydrogens (tertiary/aromatic N) is 2. The summed E-state index contributed by atoms with van der Waals surface area (Å²) in [5.74, 6) is -2.26. The highest BCUT2D eigenvalue weighted by molar-refractivity contribution is 5.31. The molecule has 1 aromatic rings. The normalized spacial score (nSPS) is 11.3. The molecule has 0 spiro atoms. The van der Waals surface area contributed by atoms with Crippen LogP contribution >= 0.6 is 0 Å². The predicted octanol–water partition coefficient (Wildman–Crippen LogP) is 1.93. The van der Waals surface area contributed by atoms with Crippen molar-refractivity contribution >= 4 is 5.82 Å². The fourth-order valence-corrected chi connectivity index (χ4v) is 0.740. The number of anilines is 1. The lowest BCUT2D eigenvalue weighted by Crippen LogP contribution is -2.26. The van der Waals surface area contributed by atoms with Crippen LogP contribution in [0.5, 0.6) is 0 Å². The molecule has 1 N–H and O–H groups in total. The van der Waals surface area contributed by atoms with E-state index in [1.165, 1.54) is 19.4 Å². The van der Waals surface area contributed by atoms with E-state index in [9.17, 15) is 8.78 Å². The molecular weight excluding hydrogens is 176 g/mol. The van der Waals surface area contributed by atoms with Gasteiger partial charge in [-0.3, -0.25) is 0 Å². The lowest BCUT2D eigenvalue weighted by atomic mass is 10.2.